The van der Waals surface area contributed by atoms with Gasteiger partial charge in [0.05, 0.1) is 23.0 Å². The summed E-state index contributed by atoms with van der Waals surface area (Å²) in [6.45, 7) is 2.15. The molecular formula is C17H21ClN4O2. The van der Waals surface area contributed by atoms with Crippen LogP contribution in [0.1, 0.15) is 25.0 Å². The summed E-state index contributed by atoms with van der Waals surface area (Å²) in [4.78, 5) is 14.0. The highest BCUT2D eigenvalue weighted by Gasteiger charge is 2.54. The zero-order valence-electron chi connectivity index (χ0n) is 13.3. The molecule has 24 heavy (non-hydrogen) atoms. The fraction of sp³-hybridized carbons (Fsp3) is 0.471. The van der Waals surface area contributed by atoms with Gasteiger partial charge in [-0.25, -0.2) is 4.68 Å². The third-order valence-electron chi connectivity index (χ3n) is 5.31. The van der Waals surface area contributed by atoms with Gasteiger partial charge in [-0.05, 0) is 30.9 Å². The highest BCUT2D eigenvalue weighted by molar-refractivity contribution is 5.85. The lowest BCUT2D eigenvalue weighted by molar-refractivity contribution is -0.149. The van der Waals surface area contributed by atoms with Gasteiger partial charge in [-0.1, -0.05) is 29.8 Å². The van der Waals surface area contributed by atoms with Crippen LogP contribution in [0.3, 0.4) is 0 Å². The predicted molar refractivity (Wildman–Crippen MR) is 91.3 cm³/mol. The maximum Gasteiger partial charge on any atom is 0.311 e. The maximum absolute atomic E-state index is 11.7. The van der Waals surface area contributed by atoms with Crippen LogP contribution < -0.4 is 0 Å². The van der Waals surface area contributed by atoms with Crippen molar-refractivity contribution >= 4 is 18.4 Å². The van der Waals surface area contributed by atoms with Crippen LogP contribution in [-0.4, -0.2) is 44.1 Å². The molecule has 2 heterocycles. The molecule has 1 saturated carbocycles. The Balaban J connectivity index is 0.00000169. The normalized spacial score (nSPS) is 26.1. The molecule has 0 amide bonds. The number of rotatable bonds is 4. The summed E-state index contributed by atoms with van der Waals surface area (Å²) in [5, 5.41) is 18.1. The lowest BCUT2D eigenvalue weighted by atomic mass is 9.81. The smallest absolute Gasteiger partial charge is 0.311 e. The van der Waals surface area contributed by atoms with Crippen LogP contribution >= 0.6 is 12.4 Å². The van der Waals surface area contributed by atoms with Crippen molar-refractivity contribution in [2.75, 3.05) is 13.1 Å². The monoisotopic (exact) mass is 348 g/mol. The maximum atomic E-state index is 11.7. The summed E-state index contributed by atoms with van der Waals surface area (Å²) in [5.41, 5.74) is 1.33. The molecule has 0 unspecified atom stereocenters. The van der Waals surface area contributed by atoms with Gasteiger partial charge in [0.2, 0.25) is 0 Å². The SMILES string of the molecule is Cl.O=C(O)[C@@]12CCC[C@H]1CN(Cc1cn(-c3ccccc3)nn1)C2. The molecule has 1 aliphatic heterocycles. The average Bonchev–Trinajstić information content (AvgIpc) is 3.22. The quantitative estimate of drug-likeness (QED) is 0.918. The van der Waals surface area contributed by atoms with Gasteiger partial charge in [-0.2, -0.15) is 0 Å². The van der Waals surface area contributed by atoms with Crippen molar-refractivity contribution < 1.29 is 9.90 Å². The van der Waals surface area contributed by atoms with Crippen LogP contribution in [0.4, 0.5) is 0 Å². The molecule has 1 N–H and O–H groups in total. The Morgan fingerprint density at radius 2 is 2.12 bits per heavy atom. The molecular weight excluding hydrogens is 328 g/mol. The van der Waals surface area contributed by atoms with Gasteiger partial charge in [0, 0.05) is 19.6 Å². The van der Waals surface area contributed by atoms with Crippen LogP contribution in [0, 0.1) is 11.3 Å². The minimum absolute atomic E-state index is 0. The molecule has 1 aromatic carbocycles. The zero-order chi connectivity index (χ0) is 15.9. The second kappa shape index (κ2) is 6.53. The molecule has 2 fully saturated rings. The van der Waals surface area contributed by atoms with Crippen molar-refractivity contribution in [3.05, 3.63) is 42.2 Å². The molecule has 1 saturated heterocycles. The van der Waals surface area contributed by atoms with Crippen molar-refractivity contribution in [1.82, 2.24) is 19.9 Å². The molecule has 1 aromatic heterocycles. The highest BCUT2D eigenvalue weighted by Crippen LogP contribution is 2.49. The first-order valence-corrected chi connectivity index (χ1v) is 8.10. The number of halogens is 1. The van der Waals surface area contributed by atoms with E-state index >= 15 is 0 Å². The van der Waals surface area contributed by atoms with Crippen LogP contribution in [-0.2, 0) is 11.3 Å². The number of hydrogen-bond acceptors (Lipinski definition) is 4. The van der Waals surface area contributed by atoms with E-state index in [2.05, 4.69) is 15.2 Å². The number of nitrogens with zero attached hydrogens (tertiary/aromatic N) is 4. The Labute approximate surface area is 146 Å². The third kappa shape index (κ3) is 2.80. The first kappa shape index (κ1) is 16.9. The minimum Gasteiger partial charge on any atom is -0.481 e. The highest BCUT2D eigenvalue weighted by atomic mass is 35.5. The van der Waals surface area contributed by atoms with Crippen LogP contribution in [0.25, 0.3) is 5.69 Å². The van der Waals surface area contributed by atoms with Gasteiger partial charge >= 0.3 is 5.97 Å². The van der Waals surface area contributed by atoms with E-state index in [1.54, 1.807) is 4.68 Å². The average molecular weight is 349 g/mol. The molecule has 0 spiro atoms. The van der Waals surface area contributed by atoms with Gasteiger partial charge in [0.25, 0.3) is 0 Å². The lowest BCUT2D eigenvalue weighted by Gasteiger charge is -2.23. The number of fused-ring (bicyclic) bond motifs is 1. The van der Waals surface area contributed by atoms with Gasteiger partial charge in [-0.15, -0.1) is 17.5 Å². The molecule has 0 bridgehead atoms. The van der Waals surface area contributed by atoms with Crippen molar-refractivity contribution in [2.45, 2.75) is 25.8 Å². The largest absolute Gasteiger partial charge is 0.481 e. The summed E-state index contributed by atoms with van der Waals surface area (Å²) in [7, 11) is 0. The Kier molecular flexibility index (Phi) is 4.60. The van der Waals surface area contributed by atoms with Gasteiger partial charge in [-0.3, -0.25) is 9.69 Å². The molecule has 7 heteroatoms. The number of likely N-dealkylation sites (tertiary alicyclic amines) is 1. The number of aliphatic carboxylic acids is 1. The van der Waals surface area contributed by atoms with E-state index in [0.29, 0.717) is 13.1 Å². The standard InChI is InChI=1S/C17H20N4O2.ClH/c22-16(23)17-8-4-5-13(17)9-20(12-17)10-14-11-21(19-18-14)15-6-2-1-3-7-15;/h1-3,6-7,11,13H,4-5,8-10,12H2,(H,22,23);1H/t13-,17+;/m0./s1. The van der Waals surface area contributed by atoms with Crippen LogP contribution in [0.2, 0.25) is 0 Å². The molecule has 128 valence electrons. The topological polar surface area (TPSA) is 71.2 Å². The van der Waals surface area contributed by atoms with Crippen molar-refractivity contribution in [2.24, 2.45) is 11.3 Å². The summed E-state index contributed by atoms with van der Waals surface area (Å²) >= 11 is 0. The first-order valence-electron chi connectivity index (χ1n) is 8.10. The predicted octanol–water partition coefficient (Wildman–Crippen LogP) is 2.38. The number of para-hydroxylation sites is 1. The van der Waals surface area contributed by atoms with E-state index in [1.165, 1.54) is 0 Å². The number of benzene rings is 1. The number of carboxylic acids is 1. The van der Waals surface area contributed by atoms with E-state index in [1.807, 2.05) is 36.5 Å². The fourth-order valence-electron chi connectivity index (χ4n) is 4.17. The lowest BCUT2D eigenvalue weighted by Crippen LogP contribution is -2.35. The van der Waals surface area contributed by atoms with Gasteiger partial charge < -0.3 is 5.11 Å². The molecule has 6 nitrogen and oxygen atoms in total. The fourth-order valence-corrected chi connectivity index (χ4v) is 4.17. The Hall–Kier alpha value is -1.92. The van der Waals surface area contributed by atoms with Crippen molar-refractivity contribution in [1.29, 1.82) is 0 Å². The number of carbonyl (C=O) groups is 1. The van der Waals surface area contributed by atoms with E-state index in [-0.39, 0.29) is 18.3 Å². The first-order chi connectivity index (χ1) is 11.2. The second-order valence-electron chi connectivity index (χ2n) is 6.71. The van der Waals surface area contributed by atoms with Crippen molar-refractivity contribution in [3.8, 4) is 5.69 Å². The Morgan fingerprint density at radius 1 is 1.33 bits per heavy atom. The minimum atomic E-state index is -0.629. The third-order valence-corrected chi connectivity index (χ3v) is 5.31. The molecule has 0 radical (unpaired) electrons. The molecule has 1 aliphatic carbocycles. The second-order valence-corrected chi connectivity index (χ2v) is 6.71. The summed E-state index contributed by atoms with van der Waals surface area (Å²) < 4.78 is 1.76. The van der Waals surface area contributed by atoms with E-state index in [9.17, 15) is 9.90 Å². The van der Waals surface area contributed by atoms with Crippen LogP contribution in [0.15, 0.2) is 36.5 Å². The molecule has 4 rings (SSSR count). The van der Waals surface area contributed by atoms with E-state index in [0.717, 1.165) is 37.2 Å². The van der Waals surface area contributed by atoms with Crippen molar-refractivity contribution in [3.63, 3.8) is 0 Å². The number of carboxylic acid groups (broad SMARTS) is 1. The van der Waals surface area contributed by atoms with Crippen LogP contribution in [0.5, 0.6) is 0 Å². The van der Waals surface area contributed by atoms with E-state index < -0.39 is 11.4 Å². The van der Waals surface area contributed by atoms with E-state index in [4.69, 9.17) is 0 Å². The number of hydrogen-bond donors (Lipinski definition) is 1. The van der Waals surface area contributed by atoms with Gasteiger partial charge in [0.15, 0.2) is 0 Å². The molecule has 2 aromatic rings. The molecule has 2 atom stereocenters. The molecule has 2 aliphatic rings. The zero-order valence-corrected chi connectivity index (χ0v) is 14.2. The number of aromatic nitrogens is 3. The van der Waals surface area contributed by atoms with Gasteiger partial charge in [0.1, 0.15) is 0 Å². The Bertz CT molecular complexity index is 720. The summed E-state index contributed by atoms with van der Waals surface area (Å²) in [6.07, 6.45) is 4.80. The Morgan fingerprint density at radius 3 is 2.83 bits per heavy atom. The summed E-state index contributed by atoms with van der Waals surface area (Å²) in [5.74, 6) is -0.348. The summed E-state index contributed by atoms with van der Waals surface area (Å²) in [6, 6.07) is 9.87.